The molecule has 1 aliphatic rings. The van der Waals surface area contributed by atoms with Crippen LogP contribution in [-0.2, 0) is 22.3 Å². The Morgan fingerprint density at radius 2 is 1.78 bits per heavy atom. The highest BCUT2D eigenvalue weighted by Crippen LogP contribution is 2.39. The van der Waals surface area contributed by atoms with Crippen molar-refractivity contribution in [3.05, 3.63) is 94.0 Å². The molecule has 0 saturated heterocycles. The van der Waals surface area contributed by atoms with Crippen molar-refractivity contribution in [2.75, 3.05) is 5.32 Å². The maximum atomic E-state index is 13.8. The number of alkyl halides is 3. The predicted octanol–water partition coefficient (Wildman–Crippen LogP) is 6.59. The molecule has 5 nitrogen and oxygen atoms in total. The van der Waals surface area contributed by atoms with Gasteiger partial charge in [-0.05, 0) is 53.9 Å². The molecule has 0 aliphatic carbocycles. The summed E-state index contributed by atoms with van der Waals surface area (Å²) in [6.45, 7) is 3.41. The first-order chi connectivity index (χ1) is 17.0. The van der Waals surface area contributed by atoms with Gasteiger partial charge < -0.3 is 15.0 Å². The Morgan fingerprint density at radius 3 is 2.44 bits per heavy atom. The summed E-state index contributed by atoms with van der Waals surface area (Å²) in [6, 6.07) is 17.5. The maximum Gasteiger partial charge on any atom is 0.416 e. The number of benzene rings is 3. The lowest BCUT2D eigenvalue weighted by molar-refractivity contribution is -0.146. The molecule has 3 aromatic rings. The number of para-hydroxylation sites is 1. The number of carbonyl (C=O) groups is 2. The molecule has 3 aromatic carbocycles. The van der Waals surface area contributed by atoms with Crippen molar-refractivity contribution in [1.29, 1.82) is 0 Å². The summed E-state index contributed by atoms with van der Waals surface area (Å²) in [5, 5.41) is 2.83. The van der Waals surface area contributed by atoms with Crippen molar-refractivity contribution in [1.82, 2.24) is 4.90 Å². The van der Waals surface area contributed by atoms with Crippen molar-refractivity contribution in [3.63, 3.8) is 0 Å². The van der Waals surface area contributed by atoms with Crippen LogP contribution in [0.15, 0.2) is 77.3 Å². The molecule has 0 spiro atoms. The Labute approximate surface area is 215 Å². The lowest BCUT2D eigenvalue weighted by Gasteiger charge is -2.31. The number of ether oxygens (including phenoxy) is 1. The van der Waals surface area contributed by atoms with Gasteiger partial charge in [-0.3, -0.25) is 9.59 Å². The molecule has 4 rings (SSSR count). The second kappa shape index (κ2) is 10.3. The molecule has 188 valence electrons. The first-order valence-electron chi connectivity index (χ1n) is 11.3. The van der Waals surface area contributed by atoms with E-state index in [1.807, 2.05) is 13.8 Å². The third-order valence-electron chi connectivity index (χ3n) is 5.86. The second-order valence-electron chi connectivity index (χ2n) is 8.89. The van der Waals surface area contributed by atoms with Crippen molar-refractivity contribution in [2.45, 2.75) is 38.7 Å². The zero-order valence-electron chi connectivity index (χ0n) is 19.6. The van der Waals surface area contributed by atoms with Gasteiger partial charge in [0.1, 0.15) is 11.8 Å². The van der Waals surface area contributed by atoms with Crippen molar-refractivity contribution >= 4 is 33.4 Å². The maximum absolute atomic E-state index is 13.8. The SMILES string of the molecule is CC(C)C1Oc2ccc(Br)cc2C(C(=O)Nc2ccccc2)N(Cc2cccc(C(F)(F)F)c2)C1=O. The van der Waals surface area contributed by atoms with E-state index >= 15 is 0 Å². The first-order valence-corrected chi connectivity index (χ1v) is 12.1. The van der Waals surface area contributed by atoms with Crippen LogP contribution in [0.1, 0.15) is 36.6 Å². The molecule has 0 aromatic heterocycles. The van der Waals surface area contributed by atoms with Crippen molar-refractivity contribution < 1.29 is 27.5 Å². The number of hydrogen-bond donors (Lipinski definition) is 1. The number of carbonyl (C=O) groups excluding carboxylic acids is 2. The molecular formula is C27H24BrF3N2O3. The molecule has 0 fully saturated rings. The highest BCUT2D eigenvalue weighted by molar-refractivity contribution is 9.10. The van der Waals surface area contributed by atoms with Crippen LogP contribution in [0.5, 0.6) is 5.75 Å². The molecule has 0 radical (unpaired) electrons. The summed E-state index contributed by atoms with van der Waals surface area (Å²) < 4.78 is 46.9. The average molecular weight is 561 g/mol. The number of fused-ring (bicyclic) bond motifs is 1. The van der Waals surface area contributed by atoms with E-state index in [4.69, 9.17) is 4.74 Å². The monoisotopic (exact) mass is 560 g/mol. The largest absolute Gasteiger partial charge is 0.480 e. The van der Waals surface area contributed by atoms with Gasteiger partial charge in [-0.2, -0.15) is 13.2 Å². The normalized spacial score (nSPS) is 17.9. The van der Waals surface area contributed by atoms with Gasteiger partial charge in [-0.25, -0.2) is 0 Å². The molecule has 1 heterocycles. The van der Waals surface area contributed by atoms with Gasteiger partial charge in [-0.1, -0.05) is 60.1 Å². The fraction of sp³-hybridized carbons (Fsp3) is 0.259. The van der Waals surface area contributed by atoms with Gasteiger partial charge in [0.25, 0.3) is 11.8 Å². The van der Waals surface area contributed by atoms with E-state index in [1.165, 1.54) is 17.0 Å². The summed E-state index contributed by atoms with van der Waals surface area (Å²) in [5.41, 5.74) is 0.376. The number of amides is 2. The van der Waals surface area contributed by atoms with Gasteiger partial charge in [0, 0.05) is 22.3 Å². The third-order valence-corrected chi connectivity index (χ3v) is 6.35. The minimum Gasteiger partial charge on any atom is -0.480 e. The van der Waals surface area contributed by atoms with E-state index in [1.54, 1.807) is 48.5 Å². The van der Waals surface area contributed by atoms with E-state index in [2.05, 4.69) is 21.2 Å². The molecule has 1 N–H and O–H groups in total. The van der Waals surface area contributed by atoms with Crippen LogP contribution < -0.4 is 10.1 Å². The van der Waals surface area contributed by atoms with E-state index < -0.39 is 35.7 Å². The minimum atomic E-state index is -4.54. The average Bonchev–Trinajstić information content (AvgIpc) is 2.94. The summed E-state index contributed by atoms with van der Waals surface area (Å²) in [4.78, 5) is 28.8. The summed E-state index contributed by atoms with van der Waals surface area (Å²) in [7, 11) is 0. The first kappa shape index (κ1) is 25.8. The lowest BCUT2D eigenvalue weighted by Crippen LogP contribution is -2.46. The van der Waals surface area contributed by atoms with Crippen LogP contribution in [0.4, 0.5) is 18.9 Å². The molecule has 9 heteroatoms. The second-order valence-corrected chi connectivity index (χ2v) is 9.80. The van der Waals surface area contributed by atoms with Gasteiger partial charge in [0.2, 0.25) is 0 Å². The van der Waals surface area contributed by atoms with Gasteiger partial charge in [-0.15, -0.1) is 0 Å². The van der Waals surface area contributed by atoms with Crippen LogP contribution in [0.25, 0.3) is 0 Å². The molecule has 2 unspecified atom stereocenters. The van der Waals surface area contributed by atoms with E-state index in [0.29, 0.717) is 21.5 Å². The van der Waals surface area contributed by atoms with Gasteiger partial charge in [0.05, 0.1) is 5.56 Å². The Bertz CT molecular complexity index is 1260. The Kier molecular flexibility index (Phi) is 7.40. The molecule has 1 aliphatic heterocycles. The molecule has 0 bridgehead atoms. The van der Waals surface area contributed by atoms with Crippen molar-refractivity contribution in [2.24, 2.45) is 5.92 Å². The van der Waals surface area contributed by atoms with Gasteiger partial charge >= 0.3 is 6.18 Å². The summed E-state index contributed by atoms with van der Waals surface area (Å²) >= 11 is 3.42. The van der Waals surface area contributed by atoms with Crippen LogP contribution in [0.3, 0.4) is 0 Å². The van der Waals surface area contributed by atoms with Crippen LogP contribution in [0, 0.1) is 5.92 Å². The van der Waals surface area contributed by atoms with E-state index in [0.717, 1.165) is 12.1 Å². The summed E-state index contributed by atoms with van der Waals surface area (Å²) in [5.74, 6) is -0.879. The fourth-order valence-corrected chi connectivity index (χ4v) is 4.51. The number of nitrogens with zero attached hydrogens (tertiary/aromatic N) is 1. The Balaban J connectivity index is 1.83. The minimum absolute atomic E-state index is 0.214. The molecule has 2 amide bonds. The highest BCUT2D eigenvalue weighted by atomic mass is 79.9. The fourth-order valence-electron chi connectivity index (χ4n) is 4.13. The molecular weight excluding hydrogens is 537 g/mol. The highest BCUT2D eigenvalue weighted by Gasteiger charge is 2.42. The van der Waals surface area contributed by atoms with Crippen molar-refractivity contribution in [3.8, 4) is 5.75 Å². The zero-order valence-corrected chi connectivity index (χ0v) is 21.1. The molecule has 0 saturated carbocycles. The van der Waals surface area contributed by atoms with E-state index in [9.17, 15) is 22.8 Å². The van der Waals surface area contributed by atoms with Crippen LogP contribution >= 0.6 is 15.9 Å². The zero-order chi connectivity index (χ0) is 26.0. The number of halogens is 4. The standard InChI is InChI=1S/C27H24BrF3N2O3/c1-16(2)24-26(35)33(15-17-7-6-8-18(13-17)27(29,30)31)23(21-14-19(28)11-12-22(21)36-24)25(34)32-20-9-4-3-5-10-20/h3-14,16,23-24H,15H2,1-2H3,(H,32,34). The number of nitrogens with one attached hydrogen (secondary N) is 1. The molecule has 36 heavy (non-hydrogen) atoms. The van der Waals surface area contributed by atoms with Crippen LogP contribution in [0.2, 0.25) is 0 Å². The predicted molar refractivity (Wildman–Crippen MR) is 133 cm³/mol. The Morgan fingerprint density at radius 1 is 1.06 bits per heavy atom. The van der Waals surface area contributed by atoms with E-state index in [-0.39, 0.29) is 18.0 Å². The third kappa shape index (κ3) is 5.56. The van der Waals surface area contributed by atoms with Crippen LogP contribution in [-0.4, -0.2) is 22.8 Å². The lowest BCUT2D eigenvalue weighted by atomic mass is 10.0. The van der Waals surface area contributed by atoms with Gasteiger partial charge in [0.15, 0.2) is 6.10 Å². The topological polar surface area (TPSA) is 58.6 Å². The number of anilines is 1. The number of rotatable bonds is 5. The number of hydrogen-bond acceptors (Lipinski definition) is 3. The Hall–Kier alpha value is -3.33. The summed E-state index contributed by atoms with van der Waals surface area (Å²) in [6.07, 6.45) is -5.46. The smallest absolute Gasteiger partial charge is 0.416 e. The molecule has 2 atom stereocenters. The quantitative estimate of drug-likeness (QED) is 0.382.